The first kappa shape index (κ1) is 19.8. The number of hydrogen-bond acceptors (Lipinski definition) is 5. The molecule has 1 aliphatic rings. The molecular weight excluding hydrogens is 361 g/mol. The van der Waals surface area contributed by atoms with Crippen LogP contribution in [0.1, 0.15) is 11.3 Å². The molecule has 2 amide bonds. The molecule has 0 aliphatic carbocycles. The molecule has 0 bridgehead atoms. The van der Waals surface area contributed by atoms with Gasteiger partial charge in [0.2, 0.25) is 12.3 Å². The molecule has 0 saturated carbocycles. The van der Waals surface area contributed by atoms with E-state index in [0.717, 1.165) is 10.7 Å². The number of rotatable bonds is 6. The smallest absolute Gasteiger partial charge is 0.232 e. The van der Waals surface area contributed by atoms with E-state index in [1.165, 1.54) is 0 Å². The number of halogens is 1. The molecule has 8 heteroatoms. The first-order valence-corrected chi connectivity index (χ1v) is 9.02. The lowest BCUT2D eigenvalue weighted by Gasteiger charge is -2.34. The molecular formula is C20H23FN5O2. The number of carbonyl (C=O) groups is 2. The predicted octanol–water partition coefficient (Wildman–Crippen LogP) is 2.00. The highest BCUT2D eigenvalue weighted by atomic mass is 19.1. The van der Waals surface area contributed by atoms with Crippen molar-refractivity contribution in [1.82, 2.24) is 14.8 Å². The van der Waals surface area contributed by atoms with Crippen LogP contribution in [0.4, 0.5) is 15.8 Å². The molecule has 1 radical (unpaired) electrons. The highest BCUT2D eigenvalue weighted by molar-refractivity contribution is 5.80. The molecule has 2 aromatic rings. The zero-order valence-corrected chi connectivity index (χ0v) is 15.8. The summed E-state index contributed by atoms with van der Waals surface area (Å²) in [6.45, 7) is 8.13. The monoisotopic (exact) mass is 384 g/mol. The Hall–Kier alpha value is -3.00. The molecule has 1 aromatic heterocycles. The first-order valence-electron chi connectivity index (χ1n) is 9.02. The molecule has 2 heterocycles. The lowest BCUT2D eigenvalue weighted by atomic mass is 10.1. The van der Waals surface area contributed by atoms with E-state index < -0.39 is 5.82 Å². The highest BCUT2D eigenvalue weighted by Crippen LogP contribution is 2.24. The van der Waals surface area contributed by atoms with Crippen LogP contribution in [0.5, 0.6) is 0 Å². The van der Waals surface area contributed by atoms with Gasteiger partial charge >= 0.3 is 0 Å². The van der Waals surface area contributed by atoms with Gasteiger partial charge in [-0.3, -0.25) is 24.9 Å². The molecule has 1 aliphatic heterocycles. The Labute approximate surface area is 163 Å². The maximum atomic E-state index is 15.1. The largest absolute Gasteiger partial charge is 0.340 e. The lowest BCUT2D eigenvalue weighted by molar-refractivity contribution is -0.128. The number of hydrazine groups is 1. The Morgan fingerprint density at radius 1 is 1.29 bits per heavy atom. The van der Waals surface area contributed by atoms with Crippen molar-refractivity contribution in [3.63, 3.8) is 0 Å². The van der Waals surface area contributed by atoms with Gasteiger partial charge in [-0.1, -0.05) is 12.1 Å². The van der Waals surface area contributed by atoms with Crippen molar-refractivity contribution in [1.29, 1.82) is 0 Å². The first-order chi connectivity index (χ1) is 13.5. The van der Waals surface area contributed by atoms with E-state index in [1.807, 2.05) is 6.92 Å². The maximum absolute atomic E-state index is 15.1. The van der Waals surface area contributed by atoms with Crippen LogP contribution >= 0.6 is 0 Å². The normalized spacial score (nSPS) is 14.6. The number of amides is 2. The number of carbonyl (C=O) groups excluding carboxylic acids is 2. The molecule has 1 N–H and O–H groups in total. The Morgan fingerprint density at radius 2 is 2.04 bits per heavy atom. The summed E-state index contributed by atoms with van der Waals surface area (Å²) in [6, 6.07) is 8.53. The van der Waals surface area contributed by atoms with E-state index in [4.69, 9.17) is 0 Å². The van der Waals surface area contributed by atoms with E-state index >= 15 is 4.39 Å². The Morgan fingerprint density at radius 3 is 2.64 bits per heavy atom. The maximum Gasteiger partial charge on any atom is 0.232 e. The average molecular weight is 384 g/mol. The number of nitrogens with zero attached hydrogens (tertiary/aromatic N) is 4. The van der Waals surface area contributed by atoms with E-state index in [1.54, 1.807) is 41.4 Å². The summed E-state index contributed by atoms with van der Waals surface area (Å²) in [6.07, 6.45) is 2.11. The topological polar surface area (TPSA) is 68.8 Å². The minimum atomic E-state index is -0.460. The summed E-state index contributed by atoms with van der Waals surface area (Å²) in [5.41, 5.74) is 4.91. The van der Waals surface area contributed by atoms with Crippen molar-refractivity contribution < 1.29 is 14.0 Å². The van der Waals surface area contributed by atoms with E-state index in [2.05, 4.69) is 22.2 Å². The van der Waals surface area contributed by atoms with Crippen LogP contribution in [0.3, 0.4) is 0 Å². The highest BCUT2D eigenvalue weighted by Gasteiger charge is 2.21. The fourth-order valence-corrected chi connectivity index (χ4v) is 3.09. The number of nitrogens with one attached hydrogen (secondary N) is 1. The van der Waals surface area contributed by atoms with Gasteiger partial charge in [0.15, 0.2) is 5.82 Å². The summed E-state index contributed by atoms with van der Waals surface area (Å²) in [5, 5.41) is 1.10. The fourth-order valence-electron chi connectivity index (χ4n) is 3.09. The number of aromatic nitrogens is 1. The van der Waals surface area contributed by atoms with Crippen molar-refractivity contribution in [3.05, 3.63) is 60.5 Å². The van der Waals surface area contributed by atoms with Crippen LogP contribution in [0.25, 0.3) is 0 Å². The van der Waals surface area contributed by atoms with Gasteiger partial charge in [-0.15, -0.1) is 0 Å². The Kier molecular flexibility index (Phi) is 6.20. The third kappa shape index (κ3) is 4.64. The number of benzene rings is 1. The average Bonchev–Trinajstić information content (AvgIpc) is 2.70. The van der Waals surface area contributed by atoms with Crippen LogP contribution in [0.2, 0.25) is 0 Å². The van der Waals surface area contributed by atoms with Crippen molar-refractivity contribution in [2.45, 2.75) is 13.5 Å². The number of hydrogen-bond donors (Lipinski definition) is 1. The molecule has 1 aromatic carbocycles. The molecule has 28 heavy (non-hydrogen) atoms. The molecule has 1 saturated heterocycles. The molecule has 3 rings (SSSR count). The third-order valence-electron chi connectivity index (χ3n) is 4.70. The van der Waals surface area contributed by atoms with Crippen LogP contribution in [-0.2, 0) is 16.1 Å². The zero-order chi connectivity index (χ0) is 20.1. The van der Waals surface area contributed by atoms with Gasteiger partial charge in [0.25, 0.3) is 0 Å². The summed E-state index contributed by atoms with van der Waals surface area (Å²) in [5.74, 6) is -0.649. The summed E-state index contributed by atoms with van der Waals surface area (Å²) >= 11 is 0. The molecule has 0 unspecified atom stereocenters. The molecule has 7 nitrogen and oxygen atoms in total. The third-order valence-corrected chi connectivity index (χ3v) is 4.70. The van der Waals surface area contributed by atoms with Crippen molar-refractivity contribution in [2.75, 3.05) is 36.6 Å². The lowest BCUT2D eigenvalue weighted by Crippen LogP contribution is -2.47. The summed E-state index contributed by atoms with van der Waals surface area (Å²) in [7, 11) is 0. The zero-order valence-electron chi connectivity index (χ0n) is 15.8. The van der Waals surface area contributed by atoms with E-state index in [9.17, 15) is 9.59 Å². The molecule has 147 valence electrons. The number of aryl methyl sites for hydroxylation is 1. The van der Waals surface area contributed by atoms with Crippen molar-refractivity contribution in [3.8, 4) is 0 Å². The summed E-state index contributed by atoms with van der Waals surface area (Å²) < 4.78 is 15.1. The van der Waals surface area contributed by atoms with Gasteiger partial charge < -0.3 is 4.90 Å². The second kappa shape index (κ2) is 8.79. The number of pyridine rings is 1. The molecule has 1 fully saturated rings. The van der Waals surface area contributed by atoms with Gasteiger partial charge in [-0.25, -0.2) is 9.40 Å². The van der Waals surface area contributed by atoms with Gasteiger partial charge in [0.05, 0.1) is 11.9 Å². The Balaban J connectivity index is 1.71. The minimum absolute atomic E-state index is 0.139. The second-order valence-electron chi connectivity index (χ2n) is 6.68. The number of anilines is 2. The number of piperazine rings is 1. The fraction of sp³-hybridized carbons (Fsp3) is 0.300. The standard InChI is InChI=1S/C20H23FN5O2/c1-15-6-7-18(12-22-15)23-26(14-27)19-5-3-4-17(20(19)21)13-24-8-10-25(11-9-24)16(2)28/h3-7,12,14,23H,2,8-11,13H2,1H3. The van der Waals surface area contributed by atoms with Crippen LogP contribution in [0, 0.1) is 19.7 Å². The van der Waals surface area contributed by atoms with Crippen molar-refractivity contribution >= 4 is 23.7 Å². The van der Waals surface area contributed by atoms with Gasteiger partial charge in [0, 0.05) is 50.9 Å². The van der Waals surface area contributed by atoms with Crippen LogP contribution in [-0.4, -0.2) is 53.3 Å². The van der Waals surface area contributed by atoms with E-state index in [-0.39, 0.29) is 11.6 Å². The van der Waals surface area contributed by atoms with Crippen LogP contribution in [0.15, 0.2) is 36.5 Å². The van der Waals surface area contributed by atoms with E-state index in [0.29, 0.717) is 50.4 Å². The predicted molar refractivity (Wildman–Crippen MR) is 105 cm³/mol. The quantitative estimate of drug-likeness (QED) is 0.609. The van der Waals surface area contributed by atoms with Gasteiger partial charge in [-0.05, 0) is 25.1 Å². The van der Waals surface area contributed by atoms with Crippen LogP contribution < -0.4 is 10.4 Å². The van der Waals surface area contributed by atoms with Gasteiger partial charge in [0.1, 0.15) is 5.69 Å². The molecule has 0 atom stereocenters. The van der Waals surface area contributed by atoms with Crippen molar-refractivity contribution in [2.24, 2.45) is 0 Å². The second-order valence-corrected chi connectivity index (χ2v) is 6.68. The summed E-state index contributed by atoms with van der Waals surface area (Å²) in [4.78, 5) is 30.8. The van der Waals surface area contributed by atoms with Gasteiger partial charge in [-0.2, -0.15) is 0 Å². The SMILES string of the molecule is [CH2]C(=O)N1CCN(Cc2cccc(N(C=O)Nc3ccc(C)nc3)c2F)CC1. The Bertz CT molecular complexity index is 835. The molecule has 0 spiro atoms. The minimum Gasteiger partial charge on any atom is -0.340 e.